The highest BCUT2D eigenvalue weighted by Gasteiger charge is 2.24. The number of hydrogen-bond donors (Lipinski definition) is 2. The first-order valence-corrected chi connectivity index (χ1v) is 7.36. The Hall–Kier alpha value is -1.75. The molecule has 4 nitrogen and oxygen atoms in total. The summed E-state index contributed by atoms with van der Waals surface area (Å²) in [7, 11) is 0. The van der Waals surface area contributed by atoms with Crippen molar-refractivity contribution in [3.05, 3.63) is 51.9 Å². The third kappa shape index (κ3) is 2.45. The second kappa shape index (κ2) is 5.32. The van der Waals surface area contributed by atoms with Crippen LogP contribution in [0.4, 0.5) is 5.69 Å². The Balaban J connectivity index is 1.79. The second-order valence-corrected chi connectivity index (χ2v) is 5.81. The van der Waals surface area contributed by atoms with Gasteiger partial charge in [-0.3, -0.25) is 4.79 Å². The number of fused-ring (bicyclic) bond motifs is 1. The van der Waals surface area contributed by atoms with Gasteiger partial charge in [0, 0.05) is 27.7 Å². The number of nitrogen functional groups attached to an aromatic ring is 1. The average molecular weight is 335 g/mol. The maximum Gasteiger partial charge on any atom is 0.251 e. The van der Waals surface area contributed by atoms with Gasteiger partial charge in [-0.05, 0) is 53.0 Å². The van der Waals surface area contributed by atoms with Crippen LogP contribution in [0.2, 0.25) is 0 Å². The Morgan fingerprint density at radius 3 is 3.05 bits per heavy atom. The summed E-state index contributed by atoms with van der Waals surface area (Å²) in [6.07, 6.45) is 4.59. The molecule has 0 fully saturated rings. The fourth-order valence-corrected chi connectivity index (χ4v) is 2.81. The number of rotatable bonds is 2. The van der Waals surface area contributed by atoms with Crippen LogP contribution in [0.15, 0.2) is 39.4 Å². The monoisotopic (exact) mass is 334 g/mol. The van der Waals surface area contributed by atoms with Crippen molar-refractivity contribution in [2.75, 3.05) is 5.73 Å². The highest BCUT2D eigenvalue weighted by Crippen LogP contribution is 2.30. The Kier molecular flexibility index (Phi) is 3.53. The number of benzene rings is 1. The molecule has 1 aliphatic carbocycles. The van der Waals surface area contributed by atoms with Gasteiger partial charge in [0.25, 0.3) is 5.91 Å². The van der Waals surface area contributed by atoms with E-state index in [1.807, 2.05) is 6.07 Å². The lowest BCUT2D eigenvalue weighted by atomic mass is 9.93. The largest absolute Gasteiger partial charge is 0.469 e. The van der Waals surface area contributed by atoms with Gasteiger partial charge < -0.3 is 15.5 Å². The molecule has 1 aliphatic rings. The summed E-state index contributed by atoms with van der Waals surface area (Å²) >= 11 is 3.32. The molecule has 1 heterocycles. The molecule has 1 aromatic carbocycles. The summed E-state index contributed by atoms with van der Waals surface area (Å²) < 4.78 is 6.23. The molecule has 2 aromatic rings. The molecule has 3 rings (SSSR count). The van der Waals surface area contributed by atoms with Crippen molar-refractivity contribution >= 4 is 27.5 Å². The number of amides is 1. The molecule has 0 bridgehead atoms. The maximum atomic E-state index is 12.3. The van der Waals surface area contributed by atoms with Crippen LogP contribution in [0.25, 0.3) is 0 Å². The number of aryl methyl sites for hydroxylation is 1. The van der Waals surface area contributed by atoms with Crippen molar-refractivity contribution in [3.8, 4) is 0 Å². The van der Waals surface area contributed by atoms with E-state index in [2.05, 4.69) is 21.2 Å². The number of hydrogen-bond acceptors (Lipinski definition) is 3. The molecule has 1 unspecified atom stereocenters. The fraction of sp³-hybridized carbons (Fsp3) is 0.267. The normalized spacial score (nSPS) is 17.6. The van der Waals surface area contributed by atoms with Crippen molar-refractivity contribution in [2.24, 2.45) is 0 Å². The number of nitrogens with two attached hydrogens (primary N) is 1. The van der Waals surface area contributed by atoms with Gasteiger partial charge in [-0.1, -0.05) is 0 Å². The Morgan fingerprint density at radius 1 is 1.40 bits per heavy atom. The van der Waals surface area contributed by atoms with Crippen LogP contribution in [0.3, 0.4) is 0 Å². The van der Waals surface area contributed by atoms with E-state index in [9.17, 15) is 4.79 Å². The Morgan fingerprint density at radius 2 is 2.25 bits per heavy atom. The van der Waals surface area contributed by atoms with Crippen molar-refractivity contribution in [3.63, 3.8) is 0 Å². The number of furan rings is 1. The van der Waals surface area contributed by atoms with E-state index in [0.717, 1.165) is 35.1 Å². The SMILES string of the molecule is Nc1cc(C(=O)NC2CCCc3occc32)ccc1Br. The molecule has 0 aliphatic heterocycles. The van der Waals surface area contributed by atoms with Crippen molar-refractivity contribution < 1.29 is 9.21 Å². The van der Waals surface area contributed by atoms with Crippen LogP contribution < -0.4 is 11.1 Å². The molecular weight excluding hydrogens is 320 g/mol. The molecule has 0 saturated heterocycles. The Bertz CT molecular complexity index is 651. The molecule has 1 atom stereocenters. The molecular formula is C15H15BrN2O2. The molecule has 0 saturated carbocycles. The number of carbonyl (C=O) groups excluding carboxylic acids is 1. The van der Waals surface area contributed by atoms with Gasteiger partial charge in [0.2, 0.25) is 0 Å². The second-order valence-electron chi connectivity index (χ2n) is 4.95. The lowest BCUT2D eigenvalue weighted by molar-refractivity contribution is 0.0932. The zero-order chi connectivity index (χ0) is 14.1. The molecule has 5 heteroatoms. The lowest BCUT2D eigenvalue weighted by Gasteiger charge is -2.22. The highest BCUT2D eigenvalue weighted by atomic mass is 79.9. The summed E-state index contributed by atoms with van der Waals surface area (Å²) in [5.41, 5.74) is 8.03. The van der Waals surface area contributed by atoms with E-state index < -0.39 is 0 Å². The van der Waals surface area contributed by atoms with E-state index in [1.54, 1.807) is 24.5 Å². The minimum atomic E-state index is -0.108. The van der Waals surface area contributed by atoms with Crippen LogP contribution in [-0.4, -0.2) is 5.91 Å². The van der Waals surface area contributed by atoms with Gasteiger partial charge in [-0.25, -0.2) is 0 Å². The number of nitrogens with one attached hydrogen (secondary N) is 1. The fourth-order valence-electron chi connectivity index (χ4n) is 2.56. The topological polar surface area (TPSA) is 68.3 Å². The van der Waals surface area contributed by atoms with Crippen molar-refractivity contribution in [2.45, 2.75) is 25.3 Å². The van der Waals surface area contributed by atoms with E-state index in [-0.39, 0.29) is 11.9 Å². The molecule has 104 valence electrons. The predicted octanol–water partition coefficient (Wildman–Crippen LogP) is 3.43. The van der Waals surface area contributed by atoms with Gasteiger partial charge in [0.05, 0.1) is 12.3 Å². The first-order chi connectivity index (χ1) is 9.65. The third-order valence-corrected chi connectivity index (χ3v) is 4.34. The van der Waals surface area contributed by atoms with E-state index >= 15 is 0 Å². The standard InChI is InChI=1S/C15H15BrN2O2/c16-11-5-4-9(8-12(11)17)15(19)18-13-2-1-3-14-10(13)6-7-20-14/h4-8,13H,1-3,17H2,(H,18,19). The summed E-state index contributed by atoms with van der Waals surface area (Å²) in [6, 6.07) is 7.19. The average Bonchev–Trinajstić information content (AvgIpc) is 2.91. The predicted molar refractivity (Wildman–Crippen MR) is 80.4 cm³/mol. The van der Waals surface area contributed by atoms with E-state index in [4.69, 9.17) is 10.2 Å². The van der Waals surface area contributed by atoms with E-state index in [1.165, 1.54) is 0 Å². The molecule has 0 spiro atoms. The minimum Gasteiger partial charge on any atom is -0.469 e. The van der Waals surface area contributed by atoms with Crippen LogP contribution in [0, 0.1) is 0 Å². The molecule has 3 N–H and O–H groups in total. The highest BCUT2D eigenvalue weighted by molar-refractivity contribution is 9.10. The van der Waals surface area contributed by atoms with E-state index in [0.29, 0.717) is 11.3 Å². The maximum absolute atomic E-state index is 12.3. The van der Waals surface area contributed by atoms with Crippen molar-refractivity contribution in [1.29, 1.82) is 0 Å². The lowest BCUT2D eigenvalue weighted by Crippen LogP contribution is -2.30. The zero-order valence-electron chi connectivity index (χ0n) is 10.9. The van der Waals surface area contributed by atoms with Gasteiger partial charge in [0.15, 0.2) is 0 Å². The van der Waals surface area contributed by atoms with Crippen LogP contribution in [0.5, 0.6) is 0 Å². The summed E-state index contributed by atoms with van der Waals surface area (Å²) in [5.74, 6) is 0.875. The molecule has 1 amide bonds. The van der Waals surface area contributed by atoms with Gasteiger partial charge in [-0.15, -0.1) is 0 Å². The van der Waals surface area contributed by atoms with Gasteiger partial charge >= 0.3 is 0 Å². The Labute approximate surface area is 125 Å². The van der Waals surface area contributed by atoms with Crippen LogP contribution in [0.1, 0.15) is 40.6 Å². The smallest absolute Gasteiger partial charge is 0.251 e. The summed E-state index contributed by atoms with van der Waals surface area (Å²) in [4.78, 5) is 12.3. The molecule has 1 aromatic heterocycles. The summed E-state index contributed by atoms with van der Waals surface area (Å²) in [6.45, 7) is 0. The third-order valence-electron chi connectivity index (χ3n) is 3.62. The quantitative estimate of drug-likeness (QED) is 0.826. The number of anilines is 1. The molecule has 0 radical (unpaired) electrons. The zero-order valence-corrected chi connectivity index (χ0v) is 12.4. The molecule has 20 heavy (non-hydrogen) atoms. The van der Waals surface area contributed by atoms with Crippen LogP contribution in [-0.2, 0) is 6.42 Å². The first kappa shape index (κ1) is 13.2. The van der Waals surface area contributed by atoms with Crippen LogP contribution >= 0.6 is 15.9 Å². The number of halogens is 1. The summed E-state index contributed by atoms with van der Waals surface area (Å²) in [5, 5.41) is 3.05. The number of carbonyl (C=O) groups is 1. The van der Waals surface area contributed by atoms with Crippen molar-refractivity contribution in [1.82, 2.24) is 5.32 Å². The first-order valence-electron chi connectivity index (χ1n) is 6.57. The van der Waals surface area contributed by atoms with Gasteiger partial charge in [0.1, 0.15) is 5.76 Å². The van der Waals surface area contributed by atoms with Gasteiger partial charge in [-0.2, -0.15) is 0 Å². The minimum absolute atomic E-state index is 0.0230.